The lowest BCUT2D eigenvalue weighted by Gasteiger charge is -2.22. The minimum Gasteiger partial charge on any atom is -0.458 e. The predicted octanol–water partition coefficient (Wildman–Crippen LogP) is 4.54. The van der Waals surface area contributed by atoms with Crippen LogP contribution in [0.15, 0.2) is 48.5 Å². The van der Waals surface area contributed by atoms with Crippen LogP contribution < -0.4 is 0 Å². The highest BCUT2D eigenvalue weighted by atomic mass is 35.5. The van der Waals surface area contributed by atoms with Crippen LogP contribution in [0.25, 0.3) is 10.9 Å². The van der Waals surface area contributed by atoms with E-state index in [9.17, 15) is 4.79 Å². The second-order valence-electron chi connectivity index (χ2n) is 5.91. The number of benzene rings is 2. The van der Waals surface area contributed by atoms with Crippen LogP contribution in [-0.4, -0.2) is 17.1 Å². The first-order chi connectivity index (χ1) is 11.2. The average molecular weight is 326 g/mol. The lowest BCUT2D eigenvalue weighted by molar-refractivity contribution is 0.0271. The number of hydrogen-bond donors (Lipinski definition) is 1. The van der Waals surface area contributed by atoms with Gasteiger partial charge < -0.3 is 9.72 Å². The number of aromatic amines is 1. The van der Waals surface area contributed by atoms with Crippen molar-refractivity contribution in [3.05, 3.63) is 70.4 Å². The third-order valence-electron chi connectivity index (χ3n) is 4.39. The van der Waals surface area contributed by atoms with Crippen molar-refractivity contribution in [2.45, 2.75) is 25.4 Å². The molecule has 1 N–H and O–H groups in total. The van der Waals surface area contributed by atoms with E-state index in [1.807, 2.05) is 36.4 Å². The summed E-state index contributed by atoms with van der Waals surface area (Å²) in [6.45, 7) is 0. The Balaban J connectivity index is 1.57. The van der Waals surface area contributed by atoms with Crippen LogP contribution >= 0.6 is 11.6 Å². The van der Waals surface area contributed by atoms with Crippen molar-refractivity contribution in [3.8, 4) is 0 Å². The topological polar surface area (TPSA) is 42.1 Å². The minimum atomic E-state index is -0.253. The first kappa shape index (κ1) is 14.3. The number of rotatable bonds is 2. The van der Waals surface area contributed by atoms with Crippen LogP contribution in [-0.2, 0) is 17.6 Å². The van der Waals surface area contributed by atoms with Crippen molar-refractivity contribution in [3.63, 3.8) is 0 Å². The maximum atomic E-state index is 12.2. The summed E-state index contributed by atoms with van der Waals surface area (Å²) in [7, 11) is 0. The first-order valence-electron chi connectivity index (χ1n) is 7.76. The van der Waals surface area contributed by atoms with E-state index >= 15 is 0 Å². The molecule has 0 radical (unpaired) electrons. The Morgan fingerprint density at radius 2 is 2.00 bits per heavy atom. The van der Waals surface area contributed by atoms with Crippen LogP contribution in [0.2, 0.25) is 5.02 Å². The van der Waals surface area contributed by atoms with Crippen LogP contribution in [0.5, 0.6) is 0 Å². The van der Waals surface area contributed by atoms with Crippen molar-refractivity contribution in [1.82, 2.24) is 4.98 Å². The van der Waals surface area contributed by atoms with Crippen LogP contribution in [0, 0.1) is 0 Å². The van der Waals surface area contributed by atoms with Crippen molar-refractivity contribution < 1.29 is 9.53 Å². The van der Waals surface area contributed by atoms with Gasteiger partial charge in [-0.05, 0) is 48.7 Å². The highest BCUT2D eigenvalue weighted by Crippen LogP contribution is 2.32. The molecule has 0 aliphatic heterocycles. The maximum Gasteiger partial charge on any atom is 0.338 e. The Morgan fingerprint density at radius 3 is 2.83 bits per heavy atom. The third kappa shape index (κ3) is 2.73. The summed E-state index contributed by atoms with van der Waals surface area (Å²) < 4.78 is 5.70. The molecular weight excluding hydrogens is 310 g/mol. The number of carbonyl (C=O) groups is 1. The number of H-pyrrole nitrogens is 1. The largest absolute Gasteiger partial charge is 0.458 e. The number of hydrogen-bond acceptors (Lipinski definition) is 2. The Kier molecular flexibility index (Phi) is 3.58. The summed E-state index contributed by atoms with van der Waals surface area (Å²) in [6, 6.07) is 15.0. The molecule has 1 aliphatic carbocycles. The molecule has 4 heteroatoms. The second-order valence-corrected chi connectivity index (χ2v) is 6.34. The Morgan fingerprint density at radius 1 is 1.17 bits per heavy atom. The van der Waals surface area contributed by atoms with Crippen LogP contribution in [0.1, 0.15) is 28.0 Å². The van der Waals surface area contributed by atoms with Crippen molar-refractivity contribution in [1.29, 1.82) is 0 Å². The van der Waals surface area contributed by atoms with Gasteiger partial charge in [-0.3, -0.25) is 0 Å². The molecular formula is C19H16ClNO2. The molecule has 0 saturated carbocycles. The zero-order valence-corrected chi connectivity index (χ0v) is 13.3. The van der Waals surface area contributed by atoms with Crippen LogP contribution in [0.4, 0.5) is 0 Å². The van der Waals surface area contributed by atoms with E-state index in [1.165, 1.54) is 11.3 Å². The van der Waals surface area contributed by atoms with Gasteiger partial charge >= 0.3 is 5.97 Å². The minimum absolute atomic E-state index is 0.0896. The average Bonchev–Trinajstić information content (AvgIpc) is 2.93. The summed E-state index contributed by atoms with van der Waals surface area (Å²) in [6.07, 6.45) is 2.36. The van der Waals surface area contributed by atoms with Crippen LogP contribution in [0.3, 0.4) is 0 Å². The van der Waals surface area contributed by atoms with E-state index < -0.39 is 0 Å². The van der Waals surface area contributed by atoms with E-state index in [0.717, 1.165) is 35.2 Å². The number of carbonyl (C=O) groups excluding carboxylic acids is 1. The molecule has 1 unspecified atom stereocenters. The number of esters is 1. The summed E-state index contributed by atoms with van der Waals surface area (Å²) in [5, 5.41) is 1.86. The Labute approximate surface area is 139 Å². The third-order valence-corrected chi connectivity index (χ3v) is 4.62. The van der Waals surface area contributed by atoms with Crippen molar-refractivity contribution in [2.24, 2.45) is 0 Å². The molecule has 2 aromatic carbocycles. The van der Waals surface area contributed by atoms with Gasteiger partial charge in [-0.25, -0.2) is 4.79 Å². The molecule has 0 amide bonds. The monoisotopic (exact) mass is 325 g/mol. The Hall–Kier alpha value is -2.26. The molecule has 4 rings (SSSR count). The molecule has 1 aliphatic rings. The molecule has 0 bridgehead atoms. The second kappa shape index (κ2) is 5.74. The number of fused-ring (bicyclic) bond motifs is 3. The molecule has 0 fully saturated rings. The first-order valence-corrected chi connectivity index (χ1v) is 8.13. The highest BCUT2D eigenvalue weighted by molar-refractivity contribution is 6.31. The molecule has 1 heterocycles. The number of nitrogens with one attached hydrogen (secondary N) is 1. The van der Waals surface area contributed by atoms with Gasteiger partial charge in [-0.2, -0.15) is 0 Å². The van der Waals surface area contributed by atoms with Gasteiger partial charge in [0, 0.05) is 28.0 Å². The molecule has 116 valence electrons. The SMILES string of the molecule is O=C(OC1CCc2[nH]c3ccc(Cl)cc3c2C1)c1ccccc1. The van der Waals surface area contributed by atoms with Gasteiger partial charge in [0.1, 0.15) is 6.10 Å². The van der Waals surface area contributed by atoms with Gasteiger partial charge in [0.25, 0.3) is 0 Å². The smallest absolute Gasteiger partial charge is 0.338 e. The van der Waals surface area contributed by atoms with E-state index in [4.69, 9.17) is 16.3 Å². The summed E-state index contributed by atoms with van der Waals surface area (Å²) >= 11 is 6.12. The number of halogens is 1. The molecule has 1 aromatic heterocycles. The fourth-order valence-electron chi connectivity index (χ4n) is 3.25. The van der Waals surface area contributed by atoms with E-state index in [1.54, 1.807) is 12.1 Å². The number of aryl methyl sites for hydroxylation is 1. The number of ether oxygens (including phenoxy) is 1. The molecule has 0 spiro atoms. The van der Waals surface area contributed by atoms with E-state index in [0.29, 0.717) is 5.56 Å². The molecule has 0 saturated heterocycles. The van der Waals surface area contributed by atoms with Gasteiger partial charge in [0.2, 0.25) is 0 Å². The van der Waals surface area contributed by atoms with Gasteiger partial charge in [0.15, 0.2) is 0 Å². The van der Waals surface area contributed by atoms with Gasteiger partial charge in [0.05, 0.1) is 5.56 Å². The fourth-order valence-corrected chi connectivity index (χ4v) is 3.42. The zero-order chi connectivity index (χ0) is 15.8. The van der Waals surface area contributed by atoms with E-state index in [2.05, 4.69) is 4.98 Å². The molecule has 3 aromatic rings. The van der Waals surface area contributed by atoms with Gasteiger partial charge in [-0.15, -0.1) is 0 Å². The zero-order valence-electron chi connectivity index (χ0n) is 12.5. The van der Waals surface area contributed by atoms with E-state index in [-0.39, 0.29) is 12.1 Å². The quantitative estimate of drug-likeness (QED) is 0.703. The molecule has 1 atom stereocenters. The fraction of sp³-hybridized carbons (Fsp3) is 0.211. The number of aromatic nitrogens is 1. The summed E-state index contributed by atoms with van der Waals surface area (Å²) in [5.74, 6) is -0.253. The standard InChI is InChI=1S/C19H16ClNO2/c20-13-6-8-17-15(10-13)16-11-14(7-9-18(16)21-17)23-19(22)12-4-2-1-3-5-12/h1-6,8,10,14,21H,7,9,11H2. The lowest BCUT2D eigenvalue weighted by Crippen LogP contribution is -2.25. The normalized spacial score (nSPS) is 17.0. The lowest BCUT2D eigenvalue weighted by atomic mass is 9.93. The van der Waals surface area contributed by atoms with Gasteiger partial charge in [-0.1, -0.05) is 29.8 Å². The molecule has 23 heavy (non-hydrogen) atoms. The summed E-state index contributed by atoms with van der Waals surface area (Å²) in [4.78, 5) is 15.7. The maximum absolute atomic E-state index is 12.2. The Bertz CT molecular complexity index is 870. The predicted molar refractivity (Wildman–Crippen MR) is 91.0 cm³/mol. The van der Waals surface area contributed by atoms with Crippen molar-refractivity contribution in [2.75, 3.05) is 0 Å². The molecule has 3 nitrogen and oxygen atoms in total. The summed E-state index contributed by atoms with van der Waals surface area (Å²) in [5.41, 5.74) is 4.14. The van der Waals surface area contributed by atoms with Crippen molar-refractivity contribution >= 4 is 28.5 Å². The highest BCUT2D eigenvalue weighted by Gasteiger charge is 2.25.